The molecule has 4 rings (SSSR count). The summed E-state index contributed by atoms with van der Waals surface area (Å²) < 4.78 is 1.86. The second kappa shape index (κ2) is 10.8. The molecular formula is C28H33N3O3. The maximum Gasteiger partial charge on any atom is 0.336 e. The zero-order valence-corrected chi connectivity index (χ0v) is 20.0. The van der Waals surface area contributed by atoms with Crippen LogP contribution in [0.3, 0.4) is 0 Å². The zero-order chi connectivity index (χ0) is 24.1. The molecule has 0 saturated heterocycles. The Kier molecular flexibility index (Phi) is 7.56. The molecule has 0 aliphatic heterocycles. The van der Waals surface area contributed by atoms with Gasteiger partial charge in [-0.25, -0.2) is 14.5 Å². The van der Waals surface area contributed by atoms with Crippen molar-refractivity contribution in [3.8, 4) is 11.1 Å². The number of rotatable bonds is 9. The number of benzene rings is 2. The number of hydrogen-bond acceptors (Lipinski definition) is 4. The van der Waals surface area contributed by atoms with Gasteiger partial charge in [-0.15, -0.1) is 5.10 Å². The van der Waals surface area contributed by atoms with Crippen LogP contribution in [0.4, 0.5) is 0 Å². The van der Waals surface area contributed by atoms with Gasteiger partial charge < -0.3 is 5.11 Å². The molecule has 1 aromatic heterocycles. The first-order chi connectivity index (χ1) is 16.4. The minimum Gasteiger partial charge on any atom is -0.478 e. The minimum atomic E-state index is -0.939. The molecule has 6 heteroatoms. The lowest BCUT2D eigenvalue weighted by Gasteiger charge is -2.19. The molecule has 3 aromatic rings. The number of hydrogen-bond donors (Lipinski definition) is 1. The van der Waals surface area contributed by atoms with Crippen LogP contribution >= 0.6 is 0 Å². The summed E-state index contributed by atoms with van der Waals surface area (Å²) in [6, 6.07) is 14.9. The van der Waals surface area contributed by atoms with Crippen LogP contribution in [0.2, 0.25) is 0 Å². The van der Waals surface area contributed by atoms with Gasteiger partial charge in [-0.05, 0) is 34.6 Å². The number of carboxylic acids is 1. The van der Waals surface area contributed by atoms with E-state index in [-0.39, 0.29) is 11.3 Å². The number of carboxylic acid groups (broad SMARTS) is 1. The van der Waals surface area contributed by atoms with E-state index >= 15 is 0 Å². The Morgan fingerprint density at radius 2 is 1.74 bits per heavy atom. The van der Waals surface area contributed by atoms with E-state index in [1.54, 1.807) is 12.1 Å². The molecule has 2 aromatic carbocycles. The van der Waals surface area contributed by atoms with E-state index in [2.05, 4.69) is 23.9 Å². The summed E-state index contributed by atoms with van der Waals surface area (Å²) in [4.78, 5) is 29.1. The predicted octanol–water partition coefficient (Wildman–Crippen LogP) is 6.04. The summed E-state index contributed by atoms with van der Waals surface area (Å²) in [5, 5.41) is 14.1. The topological polar surface area (TPSA) is 85.1 Å². The zero-order valence-electron chi connectivity index (χ0n) is 20.0. The lowest BCUT2D eigenvalue weighted by atomic mass is 9.86. The van der Waals surface area contributed by atoms with Gasteiger partial charge in [0.1, 0.15) is 5.82 Å². The van der Waals surface area contributed by atoms with Crippen molar-refractivity contribution >= 4 is 11.8 Å². The molecule has 0 amide bonds. The molecule has 1 aliphatic carbocycles. The largest absolute Gasteiger partial charge is 0.478 e. The summed E-state index contributed by atoms with van der Waals surface area (Å²) in [5.74, 6) is 1.15. The van der Waals surface area contributed by atoms with E-state index in [1.807, 2.05) is 41.1 Å². The Hall–Kier alpha value is -3.28. The molecule has 1 fully saturated rings. The second-order valence-electron chi connectivity index (χ2n) is 9.79. The molecule has 1 heterocycles. The number of carbonyl (C=O) groups is 2. The third-order valence-corrected chi connectivity index (χ3v) is 6.54. The van der Waals surface area contributed by atoms with Crippen molar-refractivity contribution < 1.29 is 14.7 Å². The highest BCUT2D eigenvalue weighted by molar-refractivity contribution is 5.96. The monoisotopic (exact) mass is 459 g/mol. The van der Waals surface area contributed by atoms with E-state index in [4.69, 9.17) is 0 Å². The summed E-state index contributed by atoms with van der Waals surface area (Å²) in [6.07, 6.45) is 7.26. The molecule has 0 atom stereocenters. The molecular weight excluding hydrogens is 426 g/mol. The first-order valence-electron chi connectivity index (χ1n) is 12.3. The standard InChI is InChI=1S/C28H33N3O3/c1-19(2)16-26-29-27(25(32)17-20-8-4-3-5-9-20)30-31(26)18-21-12-14-22(15-13-21)23-10-6-7-11-24(23)28(33)34/h6-7,10-15,19-20H,3-5,8-9,16-18H2,1-2H3,(H,33,34). The smallest absolute Gasteiger partial charge is 0.336 e. The first-order valence-corrected chi connectivity index (χ1v) is 12.3. The summed E-state index contributed by atoms with van der Waals surface area (Å²) >= 11 is 0. The number of aromatic nitrogens is 3. The van der Waals surface area contributed by atoms with Gasteiger partial charge in [-0.1, -0.05) is 88.4 Å². The van der Waals surface area contributed by atoms with Crippen molar-refractivity contribution in [3.05, 3.63) is 71.3 Å². The fourth-order valence-corrected chi connectivity index (χ4v) is 4.76. The minimum absolute atomic E-state index is 0.0521. The lowest BCUT2D eigenvalue weighted by molar-refractivity contribution is 0.0697. The Labute approximate surface area is 201 Å². The molecule has 0 bridgehead atoms. The maximum absolute atomic E-state index is 12.9. The molecule has 178 valence electrons. The summed E-state index contributed by atoms with van der Waals surface area (Å²) in [6.45, 7) is 4.79. The van der Waals surface area contributed by atoms with Gasteiger partial charge in [0.2, 0.25) is 11.6 Å². The lowest BCUT2D eigenvalue weighted by Crippen LogP contribution is -2.13. The van der Waals surface area contributed by atoms with E-state index in [1.165, 1.54) is 19.3 Å². The Bertz CT molecular complexity index is 1140. The van der Waals surface area contributed by atoms with Crippen LogP contribution in [-0.2, 0) is 13.0 Å². The van der Waals surface area contributed by atoms with Gasteiger partial charge in [0, 0.05) is 12.8 Å². The molecule has 0 spiro atoms. The number of aromatic carboxylic acids is 1. The molecule has 34 heavy (non-hydrogen) atoms. The van der Waals surface area contributed by atoms with Gasteiger partial charge in [0.25, 0.3) is 0 Å². The van der Waals surface area contributed by atoms with Gasteiger partial charge in [-0.3, -0.25) is 4.79 Å². The van der Waals surface area contributed by atoms with E-state index in [9.17, 15) is 14.7 Å². The highest BCUT2D eigenvalue weighted by Gasteiger charge is 2.22. The van der Waals surface area contributed by atoms with Crippen LogP contribution in [-0.4, -0.2) is 31.6 Å². The SMILES string of the molecule is CC(C)Cc1nc(C(=O)CC2CCCCC2)nn1Cc1ccc(-c2ccccc2C(=O)O)cc1. The maximum atomic E-state index is 12.9. The number of nitrogens with zero attached hydrogens (tertiary/aromatic N) is 3. The molecule has 1 saturated carbocycles. The van der Waals surface area contributed by atoms with Crippen LogP contribution in [0.15, 0.2) is 48.5 Å². The van der Waals surface area contributed by atoms with Crippen molar-refractivity contribution in [1.82, 2.24) is 14.8 Å². The number of Topliss-reactive ketones (excluding diaryl/α,β-unsaturated/α-hetero) is 1. The fourth-order valence-electron chi connectivity index (χ4n) is 4.76. The van der Waals surface area contributed by atoms with Crippen LogP contribution in [0.5, 0.6) is 0 Å². The second-order valence-corrected chi connectivity index (χ2v) is 9.79. The fraction of sp³-hybridized carbons (Fsp3) is 0.429. The number of carbonyl (C=O) groups excluding carboxylic acids is 1. The van der Waals surface area contributed by atoms with E-state index in [0.29, 0.717) is 36.2 Å². The number of ketones is 1. The summed E-state index contributed by atoms with van der Waals surface area (Å²) in [7, 11) is 0. The molecule has 0 radical (unpaired) electrons. The Morgan fingerprint density at radius 1 is 1.03 bits per heavy atom. The summed E-state index contributed by atoms with van der Waals surface area (Å²) in [5.41, 5.74) is 2.86. The van der Waals surface area contributed by atoms with Gasteiger partial charge >= 0.3 is 5.97 Å². The third-order valence-electron chi connectivity index (χ3n) is 6.54. The van der Waals surface area contributed by atoms with E-state index < -0.39 is 5.97 Å². The molecule has 1 N–H and O–H groups in total. The van der Waals surface area contributed by atoms with Gasteiger partial charge in [0.15, 0.2) is 0 Å². The van der Waals surface area contributed by atoms with Crippen LogP contribution in [0.25, 0.3) is 11.1 Å². The van der Waals surface area contributed by atoms with Crippen LogP contribution in [0.1, 0.15) is 84.7 Å². The van der Waals surface area contributed by atoms with Gasteiger partial charge in [0.05, 0.1) is 12.1 Å². The van der Waals surface area contributed by atoms with Crippen molar-refractivity contribution in [2.24, 2.45) is 11.8 Å². The highest BCUT2D eigenvalue weighted by atomic mass is 16.4. The normalized spacial score (nSPS) is 14.4. The highest BCUT2D eigenvalue weighted by Crippen LogP contribution is 2.28. The van der Waals surface area contributed by atoms with Crippen molar-refractivity contribution in [2.45, 2.75) is 65.3 Å². The Balaban J connectivity index is 1.53. The van der Waals surface area contributed by atoms with Crippen LogP contribution < -0.4 is 0 Å². The average Bonchev–Trinajstić information content (AvgIpc) is 3.22. The average molecular weight is 460 g/mol. The van der Waals surface area contributed by atoms with Crippen molar-refractivity contribution in [3.63, 3.8) is 0 Å². The van der Waals surface area contributed by atoms with E-state index in [0.717, 1.165) is 36.2 Å². The Morgan fingerprint density at radius 3 is 2.41 bits per heavy atom. The quantitative estimate of drug-likeness (QED) is 0.394. The molecule has 0 unspecified atom stereocenters. The predicted molar refractivity (Wildman–Crippen MR) is 132 cm³/mol. The van der Waals surface area contributed by atoms with Crippen LogP contribution in [0, 0.1) is 11.8 Å². The molecule has 1 aliphatic rings. The van der Waals surface area contributed by atoms with Crippen molar-refractivity contribution in [1.29, 1.82) is 0 Å². The van der Waals surface area contributed by atoms with Gasteiger partial charge in [-0.2, -0.15) is 0 Å². The molecule has 6 nitrogen and oxygen atoms in total. The third kappa shape index (κ3) is 5.79. The first kappa shape index (κ1) is 23.9. The van der Waals surface area contributed by atoms with Crippen molar-refractivity contribution in [2.75, 3.05) is 0 Å².